The Morgan fingerprint density at radius 3 is 2.25 bits per heavy atom. The van der Waals surface area contributed by atoms with Crippen molar-refractivity contribution in [3.8, 4) is 22.5 Å². The van der Waals surface area contributed by atoms with Crippen molar-refractivity contribution >= 4 is 11.6 Å². The average molecular weight is 419 g/mol. The van der Waals surface area contributed by atoms with E-state index in [1.165, 1.54) is 0 Å². The van der Waals surface area contributed by atoms with Crippen LogP contribution in [0, 0.1) is 0 Å². The molecule has 5 aromatic rings. The number of nitrogens with one attached hydrogen (secondary N) is 1. The second-order valence-corrected chi connectivity index (χ2v) is 7.42. The largest absolute Gasteiger partial charge is 0.350 e. The molecular weight excluding hydrogens is 398 g/mol. The molecule has 2 aromatic carbocycles. The smallest absolute Gasteiger partial charge is 0.271 e. The maximum atomic E-state index is 12.8. The molecule has 1 N–H and O–H groups in total. The van der Waals surface area contributed by atoms with Gasteiger partial charge < -0.3 is 5.32 Å². The quantitative estimate of drug-likeness (QED) is 0.442. The number of carbonyl (C=O) groups is 1. The van der Waals surface area contributed by atoms with Crippen LogP contribution in [0.1, 0.15) is 16.1 Å². The minimum atomic E-state index is -0.218. The van der Waals surface area contributed by atoms with Gasteiger partial charge in [-0.3, -0.25) is 9.78 Å². The van der Waals surface area contributed by atoms with Gasteiger partial charge in [0.25, 0.3) is 5.91 Å². The molecule has 0 atom stereocenters. The highest BCUT2D eigenvalue weighted by Crippen LogP contribution is 2.26. The molecule has 5 rings (SSSR count). The molecule has 3 heterocycles. The number of fused-ring (bicyclic) bond motifs is 1. The number of carbonyl (C=O) groups excluding carboxylic acids is 1. The van der Waals surface area contributed by atoms with Crippen LogP contribution in [0.5, 0.6) is 0 Å². The topological polar surface area (TPSA) is 72.2 Å². The highest BCUT2D eigenvalue weighted by Gasteiger charge is 2.16. The summed E-state index contributed by atoms with van der Waals surface area (Å²) in [7, 11) is 0. The van der Waals surface area contributed by atoms with Crippen LogP contribution in [0.2, 0.25) is 0 Å². The van der Waals surface area contributed by atoms with Crippen molar-refractivity contribution in [3.05, 3.63) is 109 Å². The van der Waals surface area contributed by atoms with Crippen molar-refractivity contribution in [2.75, 3.05) is 6.54 Å². The number of aromatic nitrogens is 4. The first kappa shape index (κ1) is 19.6. The second-order valence-electron chi connectivity index (χ2n) is 7.42. The minimum absolute atomic E-state index is 0.218. The Morgan fingerprint density at radius 2 is 1.53 bits per heavy atom. The number of nitrogens with zero attached hydrogens (tertiary/aromatic N) is 4. The zero-order valence-electron chi connectivity index (χ0n) is 17.3. The first-order valence-corrected chi connectivity index (χ1v) is 10.5. The van der Waals surface area contributed by atoms with Gasteiger partial charge in [0.05, 0.1) is 11.4 Å². The van der Waals surface area contributed by atoms with Crippen molar-refractivity contribution in [2.45, 2.75) is 6.42 Å². The van der Waals surface area contributed by atoms with Gasteiger partial charge in [-0.2, -0.15) is 5.10 Å². The number of benzene rings is 2. The standard InChI is InChI=1S/C26H21N5O/c32-26(28-16-13-19-11-14-27-15-12-19)23-18-25-29-22(20-7-3-1-4-8-20)17-24(31(25)30-23)21-9-5-2-6-10-21/h1-12,14-15,17-18H,13,16H2,(H,28,32). The fourth-order valence-electron chi connectivity index (χ4n) is 3.62. The van der Waals surface area contributed by atoms with Crippen molar-refractivity contribution in [1.29, 1.82) is 0 Å². The summed E-state index contributed by atoms with van der Waals surface area (Å²) in [6.07, 6.45) is 4.23. The van der Waals surface area contributed by atoms with E-state index in [9.17, 15) is 4.79 Å². The molecule has 156 valence electrons. The van der Waals surface area contributed by atoms with Crippen LogP contribution in [-0.4, -0.2) is 32.0 Å². The molecular formula is C26H21N5O. The molecule has 0 spiro atoms. The highest BCUT2D eigenvalue weighted by atomic mass is 16.1. The Hall–Kier alpha value is -4.32. The molecule has 0 aliphatic heterocycles. The maximum Gasteiger partial charge on any atom is 0.271 e. The van der Waals surface area contributed by atoms with Crippen LogP contribution < -0.4 is 5.32 Å². The van der Waals surface area contributed by atoms with E-state index in [0.717, 1.165) is 34.5 Å². The van der Waals surface area contributed by atoms with Crippen molar-refractivity contribution in [3.63, 3.8) is 0 Å². The third kappa shape index (κ3) is 4.11. The Labute approximate surface area is 185 Å². The van der Waals surface area contributed by atoms with Crippen LogP contribution in [0.4, 0.5) is 0 Å². The summed E-state index contributed by atoms with van der Waals surface area (Å²) in [6, 6.07) is 27.6. The van der Waals surface area contributed by atoms with Gasteiger partial charge in [-0.25, -0.2) is 9.50 Å². The van der Waals surface area contributed by atoms with Crippen LogP contribution >= 0.6 is 0 Å². The lowest BCUT2D eigenvalue weighted by molar-refractivity contribution is 0.0949. The maximum absolute atomic E-state index is 12.8. The lowest BCUT2D eigenvalue weighted by Crippen LogP contribution is -2.26. The van der Waals surface area contributed by atoms with E-state index < -0.39 is 0 Å². The van der Waals surface area contributed by atoms with Gasteiger partial charge in [0.15, 0.2) is 11.3 Å². The SMILES string of the molecule is O=C(NCCc1ccncc1)c1cc2nc(-c3ccccc3)cc(-c3ccccc3)n2n1. The lowest BCUT2D eigenvalue weighted by atomic mass is 10.1. The Balaban J connectivity index is 1.48. The monoisotopic (exact) mass is 419 g/mol. The van der Waals surface area contributed by atoms with Crippen molar-refractivity contribution in [1.82, 2.24) is 24.9 Å². The zero-order valence-corrected chi connectivity index (χ0v) is 17.3. The summed E-state index contributed by atoms with van der Waals surface area (Å²) in [5.74, 6) is -0.218. The summed E-state index contributed by atoms with van der Waals surface area (Å²) >= 11 is 0. The molecule has 0 bridgehead atoms. The number of amides is 1. The second kappa shape index (κ2) is 8.81. The highest BCUT2D eigenvalue weighted by molar-refractivity contribution is 5.93. The summed E-state index contributed by atoms with van der Waals surface area (Å²) in [6.45, 7) is 0.519. The van der Waals surface area contributed by atoms with Crippen molar-refractivity contribution < 1.29 is 4.79 Å². The van der Waals surface area contributed by atoms with Gasteiger partial charge in [-0.1, -0.05) is 60.7 Å². The summed E-state index contributed by atoms with van der Waals surface area (Å²) in [5.41, 5.74) is 5.82. The van der Waals surface area contributed by atoms with Gasteiger partial charge in [0, 0.05) is 36.1 Å². The fourth-order valence-corrected chi connectivity index (χ4v) is 3.62. The molecule has 1 amide bonds. The summed E-state index contributed by atoms with van der Waals surface area (Å²) < 4.78 is 1.74. The van der Waals surface area contributed by atoms with E-state index in [-0.39, 0.29) is 5.91 Å². The third-order valence-electron chi connectivity index (χ3n) is 5.25. The van der Waals surface area contributed by atoms with Gasteiger partial charge in [-0.15, -0.1) is 0 Å². The molecule has 0 saturated carbocycles. The first-order valence-electron chi connectivity index (χ1n) is 10.5. The number of rotatable bonds is 6. The van der Waals surface area contributed by atoms with Crippen LogP contribution in [0.15, 0.2) is 97.3 Å². The first-order chi connectivity index (χ1) is 15.8. The van der Waals surface area contributed by atoms with Gasteiger partial charge >= 0.3 is 0 Å². The van der Waals surface area contributed by atoms with Crippen molar-refractivity contribution in [2.24, 2.45) is 0 Å². The number of hydrogen-bond donors (Lipinski definition) is 1. The molecule has 0 aliphatic carbocycles. The molecule has 32 heavy (non-hydrogen) atoms. The lowest BCUT2D eigenvalue weighted by Gasteiger charge is -2.08. The van der Waals surface area contributed by atoms with Crippen LogP contribution in [-0.2, 0) is 6.42 Å². The Kier molecular flexibility index (Phi) is 5.41. The Morgan fingerprint density at radius 1 is 0.844 bits per heavy atom. The summed E-state index contributed by atoms with van der Waals surface area (Å²) in [4.78, 5) is 21.6. The number of hydrogen-bond acceptors (Lipinski definition) is 4. The van der Waals surface area contributed by atoms with Gasteiger partial charge in [0.2, 0.25) is 0 Å². The van der Waals surface area contributed by atoms with Gasteiger partial charge in [-0.05, 0) is 30.2 Å². The molecule has 6 nitrogen and oxygen atoms in total. The van der Waals surface area contributed by atoms with Gasteiger partial charge in [0.1, 0.15) is 0 Å². The fraction of sp³-hybridized carbons (Fsp3) is 0.0769. The van der Waals surface area contributed by atoms with E-state index in [1.54, 1.807) is 23.0 Å². The molecule has 0 unspecified atom stereocenters. The molecule has 0 radical (unpaired) electrons. The minimum Gasteiger partial charge on any atom is -0.350 e. The van der Waals surface area contributed by atoms with E-state index >= 15 is 0 Å². The molecule has 3 aromatic heterocycles. The van der Waals surface area contributed by atoms with Crippen LogP contribution in [0.3, 0.4) is 0 Å². The molecule has 0 fully saturated rings. The van der Waals surface area contributed by atoms with E-state index in [4.69, 9.17) is 4.98 Å². The van der Waals surface area contributed by atoms with Crippen LogP contribution in [0.25, 0.3) is 28.2 Å². The average Bonchev–Trinajstić information content (AvgIpc) is 3.30. The summed E-state index contributed by atoms with van der Waals surface area (Å²) in [5, 5.41) is 7.53. The van der Waals surface area contributed by atoms with E-state index in [2.05, 4.69) is 15.4 Å². The molecule has 6 heteroatoms. The Bertz CT molecular complexity index is 1350. The predicted octanol–water partition coefficient (Wildman–Crippen LogP) is 4.43. The normalized spacial score (nSPS) is 10.9. The molecule has 0 saturated heterocycles. The third-order valence-corrected chi connectivity index (χ3v) is 5.25. The predicted molar refractivity (Wildman–Crippen MR) is 124 cm³/mol. The van der Waals surface area contributed by atoms with E-state index in [0.29, 0.717) is 17.9 Å². The number of pyridine rings is 1. The zero-order chi connectivity index (χ0) is 21.8. The van der Waals surface area contributed by atoms with E-state index in [1.807, 2.05) is 78.9 Å². The molecule has 0 aliphatic rings.